The average Bonchev–Trinajstić information content (AvgIpc) is 2.50. The molecule has 0 aromatic heterocycles. The summed E-state index contributed by atoms with van der Waals surface area (Å²) in [5, 5.41) is 12.9. The van der Waals surface area contributed by atoms with Crippen molar-refractivity contribution in [3.8, 4) is 5.75 Å². The van der Waals surface area contributed by atoms with Crippen LogP contribution in [-0.2, 0) is 14.6 Å². The molecule has 0 heterocycles. The molecular weight excluding hydrogens is 548 g/mol. The SMILES string of the molecule is CCS(=O)(=O)CCNCCCOC(=O)c1c(I)ccc(I)c1O. The van der Waals surface area contributed by atoms with Crippen molar-refractivity contribution >= 4 is 61.0 Å². The fourth-order valence-corrected chi connectivity index (χ4v) is 3.52. The lowest BCUT2D eigenvalue weighted by molar-refractivity contribution is 0.0496. The van der Waals surface area contributed by atoms with E-state index in [-0.39, 0.29) is 29.4 Å². The number of sulfone groups is 1. The van der Waals surface area contributed by atoms with Crippen LogP contribution in [-0.4, -0.2) is 50.7 Å². The first-order valence-electron chi connectivity index (χ1n) is 7.03. The Kier molecular flexibility index (Phi) is 9.08. The van der Waals surface area contributed by atoms with Crippen molar-refractivity contribution in [2.24, 2.45) is 0 Å². The van der Waals surface area contributed by atoms with Gasteiger partial charge in [-0.25, -0.2) is 13.2 Å². The molecular formula is C14H19I2NO5S. The van der Waals surface area contributed by atoms with Gasteiger partial charge in [0.1, 0.15) is 11.3 Å². The van der Waals surface area contributed by atoms with Crippen LogP contribution in [0.3, 0.4) is 0 Å². The lowest BCUT2D eigenvalue weighted by Crippen LogP contribution is -2.25. The molecule has 0 spiro atoms. The molecule has 9 heteroatoms. The van der Waals surface area contributed by atoms with Crippen molar-refractivity contribution in [1.82, 2.24) is 5.32 Å². The van der Waals surface area contributed by atoms with E-state index < -0.39 is 15.8 Å². The number of esters is 1. The summed E-state index contributed by atoms with van der Waals surface area (Å²) in [7, 11) is -2.95. The van der Waals surface area contributed by atoms with Gasteiger partial charge in [-0.3, -0.25) is 0 Å². The van der Waals surface area contributed by atoms with Gasteiger partial charge in [0, 0.05) is 15.9 Å². The second kappa shape index (κ2) is 9.99. The molecule has 0 radical (unpaired) electrons. The predicted octanol–water partition coefficient (Wildman–Crippen LogP) is 2.17. The number of benzene rings is 1. The third-order valence-electron chi connectivity index (χ3n) is 3.04. The topological polar surface area (TPSA) is 92.7 Å². The molecule has 1 aromatic rings. The number of hydrogen-bond acceptors (Lipinski definition) is 6. The van der Waals surface area contributed by atoms with Crippen molar-refractivity contribution in [3.63, 3.8) is 0 Å². The van der Waals surface area contributed by atoms with Crippen LogP contribution in [0.2, 0.25) is 0 Å². The maximum atomic E-state index is 12.0. The highest BCUT2D eigenvalue weighted by atomic mass is 127. The van der Waals surface area contributed by atoms with Crippen LogP contribution in [0.15, 0.2) is 12.1 Å². The van der Waals surface area contributed by atoms with Crippen LogP contribution < -0.4 is 5.32 Å². The van der Waals surface area contributed by atoms with Gasteiger partial charge in [-0.15, -0.1) is 0 Å². The molecule has 6 nitrogen and oxygen atoms in total. The Morgan fingerprint density at radius 2 is 1.91 bits per heavy atom. The van der Waals surface area contributed by atoms with E-state index in [0.717, 1.165) is 0 Å². The number of nitrogens with one attached hydrogen (secondary N) is 1. The molecule has 0 saturated carbocycles. The standard InChI is InChI=1S/C14H19I2NO5S/c1-2-23(20,21)9-7-17-6-3-8-22-14(19)12-10(15)4-5-11(16)13(12)18/h4-5,17-18H,2-3,6-9H2,1H3. The number of carbonyl (C=O) groups excluding carboxylic acids is 1. The normalized spacial score (nSPS) is 11.4. The number of rotatable bonds is 9. The minimum atomic E-state index is -2.95. The Hall–Kier alpha value is -0.140. The van der Waals surface area contributed by atoms with Crippen molar-refractivity contribution < 1.29 is 23.1 Å². The van der Waals surface area contributed by atoms with Crippen LogP contribution in [0, 0.1) is 7.14 Å². The average molecular weight is 567 g/mol. The number of aromatic hydroxyl groups is 1. The second-order valence-electron chi connectivity index (χ2n) is 4.73. The van der Waals surface area contributed by atoms with Gasteiger partial charge in [0.2, 0.25) is 0 Å². The van der Waals surface area contributed by atoms with E-state index >= 15 is 0 Å². The highest BCUT2D eigenvalue weighted by Gasteiger charge is 2.18. The summed E-state index contributed by atoms with van der Waals surface area (Å²) in [5.41, 5.74) is 0.180. The number of carbonyl (C=O) groups is 1. The lowest BCUT2D eigenvalue weighted by atomic mass is 10.2. The molecule has 1 rings (SSSR count). The quantitative estimate of drug-likeness (QED) is 0.270. The number of halogens is 2. The van der Waals surface area contributed by atoms with E-state index in [1.165, 1.54) is 0 Å². The summed E-state index contributed by atoms with van der Waals surface area (Å²) >= 11 is 3.92. The van der Waals surface area contributed by atoms with Gasteiger partial charge in [-0.2, -0.15) is 0 Å². The Labute approximate surface area is 163 Å². The van der Waals surface area contributed by atoms with Gasteiger partial charge in [-0.05, 0) is 70.3 Å². The van der Waals surface area contributed by atoms with Crippen LogP contribution in [0.5, 0.6) is 5.75 Å². The molecule has 0 aliphatic heterocycles. The van der Waals surface area contributed by atoms with Crippen molar-refractivity contribution in [3.05, 3.63) is 24.8 Å². The van der Waals surface area contributed by atoms with E-state index in [0.29, 0.717) is 26.7 Å². The van der Waals surface area contributed by atoms with Gasteiger partial charge in [-0.1, -0.05) is 6.92 Å². The second-order valence-corrected chi connectivity index (χ2v) is 9.53. The summed E-state index contributed by atoms with van der Waals surface area (Å²) in [6.07, 6.45) is 0.569. The van der Waals surface area contributed by atoms with Crippen molar-refractivity contribution in [2.45, 2.75) is 13.3 Å². The minimum absolute atomic E-state index is 0.0644. The number of ether oxygens (including phenoxy) is 1. The number of hydrogen-bond donors (Lipinski definition) is 2. The molecule has 0 aliphatic carbocycles. The Balaban J connectivity index is 2.32. The van der Waals surface area contributed by atoms with Crippen molar-refractivity contribution in [2.75, 3.05) is 31.2 Å². The van der Waals surface area contributed by atoms with Gasteiger partial charge >= 0.3 is 5.97 Å². The largest absolute Gasteiger partial charge is 0.506 e. The number of phenols is 1. The zero-order valence-corrected chi connectivity index (χ0v) is 17.8. The first-order valence-corrected chi connectivity index (χ1v) is 11.0. The zero-order chi connectivity index (χ0) is 17.5. The zero-order valence-electron chi connectivity index (χ0n) is 12.6. The molecule has 0 saturated heterocycles. The van der Waals surface area contributed by atoms with Crippen molar-refractivity contribution in [1.29, 1.82) is 0 Å². The molecule has 0 aliphatic rings. The Morgan fingerprint density at radius 1 is 1.26 bits per heavy atom. The predicted molar refractivity (Wildman–Crippen MR) is 106 cm³/mol. The minimum Gasteiger partial charge on any atom is -0.506 e. The van der Waals surface area contributed by atoms with Crippen LogP contribution in [0.25, 0.3) is 0 Å². The first-order chi connectivity index (χ1) is 10.8. The Morgan fingerprint density at radius 3 is 2.57 bits per heavy atom. The maximum absolute atomic E-state index is 12.0. The van der Waals surface area contributed by atoms with E-state index in [2.05, 4.69) is 5.32 Å². The molecule has 23 heavy (non-hydrogen) atoms. The third kappa shape index (κ3) is 7.10. The van der Waals surface area contributed by atoms with E-state index in [1.54, 1.807) is 19.1 Å². The van der Waals surface area contributed by atoms with Crippen LogP contribution in [0.1, 0.15) is 23.7 Å². The highest BCUT2D eigenvalue weighted by Crippen LogP contribution is 2.29. The van der Waals surface area contributed by atoms with Gasteiger partial charge in [0.25, 0.3) is 0 Å². The molecule has 2 N–H and O–H groups in total. The lowest BCUT2D eigenvalue weighted by Gasteiger charge is -2.09. The summed E-state index contributed by atoms with van der Waals surface area (Å²) in [6, 6.07) is 3.47. The van der Waals surface area contributed by atoms with E-state index in [1.807, 2.05) is 45.2 Å². The monoisotopic (exact) mass is 567 g/mol. The number of phenolic OH excluding ortho intramolecular Hbond substituents is 1. The van der Waals surface area contributed by atoms with E-state index in [4.69, 9.17) is 4.74 Å². The van der Waals surface area contributed by atoms with Crippen LogP contribution in [0.4, 0.5) is 0 Å². The summed E-state index contributed by atoms with van der Waals surface area (Å²) in [5.74, 6) is -0.369. The van der Waals surface area contributed by atoms with Crippen LogP contribution >= 0.6 is 45.2 Å². The first kappa shape index (κ1) is 20.9. The summed E-state index contributed by atoms with van der Waals surface area (Å²) in [6.45, 7) is 2.77. The van der Waals surface area contributed by atoms with E-state index in [9.17, 15) is 18.3 Å². The highest BCUT2D eigenvalue weighted by molar-refractivity contribution is 14.1. The molecule has 0 bridgehead atoms. The fourth-order valence-electron chi connectivity index (χ4n) is 1.67. The summed E-state index contributed by atoms with van der Waals surface area (Å²) < 4.78 is 29.0. The molecule has 0 atom stereocenters. The molecule has 0 unspecified atom stereocenters. The fraction of sp³-hybridized carbons (Fsp3) is 0.500. The van der Waals surface area contributed by atoms with Gasteiger partial charge in [0.05, 0.1) is 15.9 Å². The van der Waals surface area contributed by atoms with Gasteiger partial charge in [0.15, 0.2) is 9.84 Å². The molecule has 130 valence electrons. The Bertz CT molecular complexity index is 649. The van der Waals surface area contributed by atoms with Gasteiger partial charge < -0.3 is 15.2 Å². The smallest absolute Gasteiger partial charge is 0.343 e. The molecule has 0 fully saturated rings. The maximum Gasteiger partial charge on any atom is 0.343 e. The molecule has 1 aromatic carbocycles. The third-order valence-corrected chi connectivity index (χ3v) is 6.52. The molecule has 0 amide bonds. The summed E-state index contributed by atoms with van der Waals surface area (Å²) in [4.78, 5) is 12.0.